The van der Waals surface area contributed by atoms with Crippen molar-refractivity contribution in [2.75, 3.05) is 32.7 Å². The summed E-state index contributed by atoms with van der Waals surface area (Å²) < 4.78 is 2.10. The second-order valence-corrected chi connectivity index (χ2v) is 8.04. The first kappa shape index (κ1) is 17.9. The Bertz CT molecular complexity index is 718. The summed E-state index contributed by atoms with van der Waals surface area (Å²) in [5, 5.41) is 13.8. The first-order valence-corrected chi connectivity index (χ1v) is 10.4. The summed E-state index contributed by atoms with van der Waals surface area (Å²) in [6.07, 6.45) is 4.89. The van der Waals surface area contributed by atoms with E-state index in [1.807, 2.05) is 12.1 Å². The molecule has 0 amide bonds. The van der Waals surface area contributed by atoms with Crippen molar-refractivity contribution in [3.63, 3.8) is 0 Å². The minimum atomic E-state index is 0.109. The van der Waals surface area contributed by atoms with Crippen molar-refractivity contribution in [1.82, 2.24) is 20.2 Å². The van der Waals surface area contributed by atoms with E-state index < -0.39 is 0 Å². The molecule has 4 rings (SSSR count). The van der Waals surface area contributed by atoms with E-state index in [-0.39, 0.29) is 6.04 Å². The lowest BCUT2D eigenvalue weighted by molar-refractivity contribution is -1.02. The van der Waals surface area contributed by atoms with E-state index in [0.717, 1.165) is 29.5 Å². The molecule has 7 heteroatoms. The van der Waals surface area contributed by atoms with Crippen molar-refractivity contribution < 1.29 is 9.80 Å². The van der Waals surface area contributed by atoms with Gasteiger partial charge in [0.2, 0.25) is 5.82 Å². The van der Waals surface area contributed by atoms with E-state index in [0.29, 0.717) is 6.04 Å². The second-order valence-electron chi connectivity index (χ2n) is 7.64. The Labute approximate surface area is 160 Å². The standard InChI is InChI=1S/C19H27ClN6/c1-2-24-11-13-25(14-12-24)18(16-9-5-6-10-17(16)20)19-21-22-23-26(19)15-7-3-4-8-15/h5-6,9-10,15,18H,2-4,7-8,11-14H2,1H3/p+2/t18-/m1/s1. The number of halogens is 1. The molecule has 140 valence electrons. The van der Waals surface area contributed by atoms with Crippen molar-refractivity contribution >= 4 is 11.6 Å². The van der Waals surface area contributed by atoms with Crippen LogP contribution >= 0.6 is 11.6 Å². The summed E-state index contributed by atoms with van der Waals surface area (Å²) in [5.74, 6) is 0.986. The molecule has 26 heavy (non-hydrogen) atoms. The van der Waals surface area contributed by atoms with Gasteiger partial charge in [0.25, 0.3) is 0 Å². The Balaban J connectivity index is 1.70. The van der Waals surface area contributed by atoms with E-state index in [1.165, 1.54) is 50.2 Å². The van der Waals surface area contributed by atoms with E-state index in [4.69, 9.17) is 11.6 Å². The van der Waals surface area contributed by atoms with Crippen molar-refractivity contribution in [1.29, 1.82) is 0 Å². The molecular formula is C19H29ClN6+2. The summed E-state index contributed by atoms with van der Waals surface area (Å²) in [7, 11) is 0. The van der Waals surface area contributed by atoms with E-state index >= 15 is 0 Å². The van der Waals surface area contributed by atoms with Crippen LogP contribution in [0.5, 0.6) is 0 Å². The van der Waals surface area contributed by atoms with Crippen LogP contribution in [0.15, 0.2) is 24.3 Å². The van der Waals surface area contributed by atoms with Crippen LogP contribution in [-0.4, -0.2) is 52.9 Å². The summed E-state index contributed by atoms with van der Waals surface area (Å²) in [6, 6.07) is 8.75. The first-order chi connectivity index (χ1) is 12.8. The first-order valence-electron chi connectivity index (χ1n) is 9.98. The molecule has 1 saturated heterocycles. The molecule has 2 heterocycles. The van der Waals surface area contributed by atoms with Gasteiger partial charge in [0, 0.05) is 5.56 Å². The van der Waals surface area contributed by atoms with Crippen LogP contribution in [0.3, 0.4) is 0 Å². The van der Waals surface area contributed by atoms with Crippen LogP contribution in [0.1, 0.15) is 56.1 Å². The highest BCUT2D eigenvalue weighted by Gasteiger charge is 2.37. The quantitative estimate of drug-likeness (QED) is 0.791. The number of hydrogen-bond donors (Lipinski definition) is 2. The lowest BCUT2D eigenvalue weighted by atomic mass is 10.0. The molecule has 0 spiro atoms. The van der Waals surface area contributed by atoms with E-state index in [9.17, 15) is 0 Å². The maximum Gasteiger partial charge on any atom is 0.214 e. The van der Waals surface area contributed by atoms with Gasteiger partial charge < -0.3 is 9.80 Å². The molecule has 1 aliphatic carbocycles. The maximum atomic E-state index is 6.63. The highest BCUT2D eigenvalue weighted by atomic mass is 35.5. The molecule has 0 unspecified atom stereocenters. The van der Waals surface area contributed by atoms with Gasteiger partial charge >= 0.3 is 0 Å². The molecule has 2 fully saturated rings. The van der Waals surface area contributed by atoms with Gasteiger partial charge in [-0.25, -0.2) is 4.68 Å². The predicted molar refractivity (Wildman–Crippen MR) is 101 cm³/mol. The fourth-order valence-corrected chi connectivity index (χ4v) is 4.86. The number of quaternary nitrogens is 2. The maximum absolute atomic E-state index is 6.63. The molecule has 2 N–H and O–H groups in total. The van der Waals surface area contributed by atoms with Gasteiger partial charge in [0.05, 0.1) is 17.6 Å². The summed E-state index contributed by atoms with van der Waals surface area (Å²) in [6.45, 7) is 8.10. The smallest absolute Gasteiger partial charge is 0.214 e. The van der Waals surface area contributed by atoms with E-state index in [2.05, 4.69) is 39.3 Å². The van der Waals surface area contributed by atoms with Crippen molar-refractivity contribution in [2.24, 2.45) is 0 Å². The minimum Gasteiger partial charge on any atom is -0.326 e. The van der Waals surface area contributed by atoms with Crippen molar-refractivity contribution in [3.8, 4) is 0 Å². The third-order valence-electron chi connectivity index (χ3n) is 6.17. The predicted octanol–water partition coefficient (Wildman–Crippen LogP) is 0.334. The normalized spacial score (nSPS) is 25.5. The minimum absolute atomic E-state index is 0.109. The third kappa shape index (κ3) is 3.50. The number of likely N-dealkylation sites (N-methyl/N-ethyl adjacent to an activating group) is 1. The van der Waals surface area contributed by atoms with Crippen LogP contribution in [0, 0.1) is 0 Å². The number of nitrogens with zero attached hydrogens (tertiary/aromatic N) is 4. The number of rotatable bonds is 5. The number of piperazine rings is 1. The molecular weight excluding hydrogens is 348 g/mol. The molecule has 2 aromatic rings. The Morgan fingerprint density at radius 1 is 1.15 bits per heavy atom. The van der Waals surface area contributed by atoms with Crippen LogP contribution in [-0.2, 0) is 0 Å². The Morgan fingerprint density at radius 3 is 2.58 bits per heavy atom. The molecule has 1 aromatic heterocycles. The Kier molecular flexibility index (Phi) is 5.52. The lowest BCUT2D eigenvalue weighted by Crippen LogP contribution is -3.28. The van der Waals surface area contributed by atoms with Gasteiger partial charge in [0.15, 0.2) is 6.04 Å². The third-order valence-corrected chi connectivity index (χ3v) is 6.52. The second kappa shape index (κ2) is 8.03. The zero-order valence-corrected chi connectivity index (χ0v) is 16.3. The van der Waals surface area contributed by atoms with Crippen LogP contribution in [0.25, 0.3) is 0 Å². The SMILES string of the molecule is CC[NH+]1CC[NH+]([C@H](c2ccccc2Cl)c2nnnn2C2CCCC2)CC1. The van der Waals surface area contributed by atoms with Crippen LogP contribution < -0.4 is 9.80 Å². The van der Waals surface area contributed by atoms with E-state index in [1.54, 1.807) is 4.90 Å². The molecule has 0 bridgehead atoms. The topological polar surface area (TPSA) is 52.5 Å². The van der Waals surface area contributed by atoms with Crippen molar-refractivity contribution in [2.45, 2.75) is 44.7 Å². The van der Waals surface area contributed by atoms with Crippen LogP contribution in [0.4, 0.5) is 0 Å². The van der Waals surface area contributed by atoms with Gasteiger partial charge in [-0.3, -0.25) is 0 Å². The molecule has 0 radical (unpaired) electrons. The number of nitrogens with one attached hydrogen (secondary N) is 2. The molecule has 2 aliphatic rings. The van der Waals surface area contributed by atoms with Crippen molar-refractivity contribution in [3.05, 3.63) is 40.7 Å². The summed E-state index contributed by atoms with van der Waals surface area (Å²) in [5.41, 5.74) is 1.15. The fourth-order valence-electron chi connectivity index (χ4n) is 4.62. The molecule has 1 aliphatic heterocycles. The van der Waals surface area contributed by atoms with Gasteiger partial charge in [-0.05, 0) is 36.3 Å². The fraction of sp³-hybridized carbons (Fsp3) is 0.632. The Hall–Kier alpha value is -1.50. The summed E-state index contributed by atoms with van der Waals surface area (Å²) >= 11 is 6.63. The average Bonchev–Trinajstić information content (AvgIpc) is 3.35. The largest absolute Gasteiger partial charge is 0.326 e. The number of hydrogen-bond acceptors (Lipinski definition) is 3. The molecule has 1 atom stereocenters. The highest BCUT2D eigenvalue weighted by Crippen LogP contribution is 2.32. The van der Waals surface area contributed by atoms with Gasteiger partial charge in [-0.1, -0.05) is 42.6 Å². The zero-order valence-electron chi connectivity index (χ0n) is 15.5. The Morgan fingerprint density at radius 2 is 1.88 bits per heavy atom. The monoisotopic (exact) mass is 376 g/mol. The lowest BCUT2D eigenvalue weighted by Gasteiger charge is -2.34. The van der Waals surface area contributed by atoms with Crippen LogP contribution in [0.2, 0.25) is 5.02 Å². The zero-order chi connectivity index (χ0) is 17.9. The molecule has 1 aromatic carbocycles. The number of benzene rings is 1. The van der Waals surface area contributed by atoms with Gasteiger partial charge in [-0.2, -0.15) is 0 Å². The van der Waals surface area contributed by atoms with Gasteiger partial charge in [-0.15, -0.1) is 5.10 Å². The van der Waals surface area contributed by atoms with Gasteiger partial charge in [0.1, 0.15) is 26.2 Å². The average molecular weight is 377 g/mol. The molecule has 1 saturated carbocycles. The number of tetrazole rings is 1. The highest BCUT2D eigenvalue weighted by molar-refractivity contribution is 6.31. The summed E-state index contributed by atoms with van der Waals surface area (Å²) in [4.78, 5) is 3.21. The number of aromatic nitrogens is 4. The molecule has 6 nitrogen and oxygen atoms in total.